The van der Waals surface area contributed by atoms with Gasteiger partial charge in [0.15, 0.2) is 0 Å². The highest BCUT2D eigenvalue weighted by Crippen LogP contribution is 2.31. The number of hydrogen-bond acceptors (Lipinski definition) is 5. The summed E-state index contributed by atoms with van der Waals surface area (Å²) in [6, 6.07) is 4.67. The molecule has 0 atom stereocenters. The molecule has 0 saturated carbocycles. The summed E-state index contributed by atoms with van der Waals surface area (Å²) in [6.07, 6.45) is 2.72. The average Bonchev–Trinajstić information content (AvgIpc) is 2.92. The zero-order valence-corrected chi connectivity index (χ0v) is 13.8. The third kappa shape index (κ3) is 2.32. The minimum absolute atomic E-state index is 0.102. The van der Waals surface area contributed by atoms with Crippen molar-refractivity contribution < 1.29 is 5.11 Å². The fourth-order valence-electron chi connectivity index (χ4n) is 3.71. The number of rotatable bonds is 5. The number of fused-ring (bicyclic) bond motifs is 6. The second-order valence-corrected chi connectivity index (χ2v) is 6.47. The lowest BCUT2D eigenvalue weighted by Gasteiger charge is -2.07. The van der Waals surface area contributed by atoms with E-state index in [0.29, 0.717) is 29.2 Å². The number of nitrogens with one attached hydrogen (secondary N) is 2. The van der Waals surface area contributed by atoms with Gasteiger partial charge in [-0.25, -0.2) is 0 Å². The first-order valence-electron chi connectivity index (χ1n) is 8.47. The van der Waals surface area contributed by atoms with Crippen LogP contribution in [0.3, 0.4) is 0 Å². The maximum Gasteiger partial charge on any atom is 0.259 e. The van der Waals surface area contributed by atoms with E-state index in [2.05, 4.69) is 9.97 Å². The van der Waals surface area contributed by atoms with Gasteiger partial charge in [-0.15, -0.1) is 0 Å². The van der Waals surface area contributed by atoms with Crippen molar-refractivity contribution in [2.24, 2.45) is 0 Å². The quantitative estimate of drug-likeness (QED) is 0.459. The first-order chi connectivity index (χ1) is 12.5. The van der Waals surface area contributed by atoms with Crippen LogP contribution < -0.4 is 22.2 Å². The third-order valence-corrected chi connectivity index (χ3v) is 4.88. The summed E-state index contributed by atoms with van der Waals surface area (Å²) in [5, 5.41) is 10.6. The van der Waals surface area contributed by atoms with Crippen molar-refractivity contribution in [1.82, 2.24) is 9.97 Å². The molecular weight excluding hydrogens is 336 g/mol. The van der Waals surface area contributed by atoms with Gasteiger partial charge in [0.05, 0.1) is 5.39 Å². The number of H-pyrrole nitrogens is 2. The lowest BCUT2D eigenvalue weighted by molar-refractivity contribution is 0.283. The number of hydrogen-bond donors (Lipinski definition) is 3. The number of aliphatic hydroxyl groups excluding tert-OH is 1. The van der Waals surface area contributed by atoms with Crippen LogP contribution in [0.4, 0.5) is 0 Å². The predicted molar refractivity (Wildman–Crippen MR) is 99.8 cm³/mol. The zero-order valence-electron chi connectivity index (χ0n) is 13.8. The molecule has 3 N–H and O–H groups in total. The van der Waals surface area contributed by atoms with E-state index in [0.717, 1.165) is 12.8 Å². The maximum absolute atomic E-state index is 12.7. The largest absolute Gasteiger partial charge is 0.396 e. The molecule has 132 valence electrons. The monoisotopic (exact) mass is 352 g/mol. The molecule has 0 spiro atoms. The topological polar surface area (TPSA) is 120 Å². The number of aromatic nitrogens is 2. The van der Waals surface area contributed by atoms with Crippen LogP contribution in [0, 0.1) is 0 Å². The Morgan fingerprint density at radius 3 is 2.00 bits per heavy atom. The van der Waals surface area contributed by atoms with Crippen molar-refractivity contribution in [1.29, 1.82) is 0 Å². The summed E-state index contributed by atoms with van der Waals surface area (Å²) in [6.45, 7) is 0.102. The minimum Gasteiger partial charge on any atom is -0.396 e. The van der Waals surface area contributed by atoms with Crippen molar-refractivity contribution in [3.63, 3.8) is 0 Å². The van der Waals surface area contributed by atoms with Gasteiger partial charge in [0.1, 0.15) is 0 Å². The summed E-state index contributed by atoms with van der Waals surface area (Å²) in [5.41, 5.74) is -1.61. The van der Waals surface area contributed by atoms with Crippen LogP contribution in [0.25, 0.3) is 32.3 Å². The molecule has 2 aromatic carbocycles. The SMILES string of the molecule is O=c1[nH]c(=O)c2ccc1c1c3cc(CCCCCO)c(c(=O)[nH]c3=O)c21. The summed E-state index contributed by atoms with van der Waals surface area (Å²) in [4.78, 5) is 54.4. The van der Waals surface area contributed by atoms with Gasteiger partial charge in [-0.3, -0.25) is 29.1 Å². The highest BCUT2D eigenvalue weighted by atomic mass is 16.3. The van der Waals surface area contributed by atoms with Gasteiger partial charge in [0.25, 0.3) is 22.2 Å². The molecule has 6 aromatic rings. The molecule has 4 bridgehead atoms. The van der Waals surface area contributed by atoms with Crippen molar-refractivity contribution in [3.8, 4) is 0 Å². The Balaban J connectivity index is 2.20. The zero-order chi connectivity index (χ0) is 18.4. The summed E-state index contributed by atoms with van der Waals surface area (Å²) >= 11 is 0. The van der Waals surface area contributed by atoms with E-state index in [-0.39, 0.29) is 28.2 Å². The number of unbranched alkanes of at least 4 members (excludes halogenated alkanes) is 2. The van der Waals surface area contributed by atoms with Crippen LogP contribution in [0.2, 0.25) is 0 Å². The fourth-order valence-corrected chi connectivity index (χ4v) is 3.71. The second-order valence-electron chi connectivity index (χ2n) is 6.47. The number of aliphatic hydroxyl groups is 1. The van der Waals surface area contributed by atoms with Crippen LogP contribution in [0.5, 0.6) is 0 Å². The first-order valence-corrected chi connectivity index (χ1v) is 8.47. The van der Waals surface area contributed by atoms with E-state index < -0.39 is 22.2 Å². The van der Waals surface area contributed by atoms with Crippen LogP contribution in [-0.2, 0) is 6.42 Å². The standard InChI is InChI=1S/C19H16N2O5/c22-7-3-1-2-4-9-8-12-14-10-5-6-11(17(24)20-16(10)23)15(14)13(9)19(26)21-18(12)25/h5-6,8,22H,1-4,7H2,(H,20,23,24)(H,21,25,26). The van der Waals surface area contributed by atoms with Gasteiger partial charge in [-0.1, -0.05) is 6.42 Å². The van der Waals surface area contributed by atoms with E-state index in [9.17, 15) is 19.2 Å². The van der Waals surface area contributed by atoms with Gasteiger partial charge in [0.2, 0.25) is 0 Å². The van der Waals surface area contributed by atoms with Crippen LogP contribution >= 0.6 is 0 Å². The van der Waals surface area contributed by atoms with E-state index >= 15 is 0 Å². The molecule has 0 saturated heterocycles. The summed E-state index contributed by atoms with van der Waals surface area (Å²) in [7, 11) is 0. The van der Waals surface area contributed by atoms with E-state index in [1.54, 1.807) is 6.07 Å². The molecule has 0 aliphatic carbocycles. The van der Waals surface area contributed by atoms with Crippen molar-refractivity contribution in [3.05, 3.63) is 65.2 Å². The highest BCUT2D eigenvalue weighted by molar-refractivity contribution is 6.22. The Morgan fingerprint density at radius 2 is 1.31 bits per heavy atom. The van der Waals surface area contributed by atoms with Crippen molar-refractivity contribution in [2.75, 3.05) is 6.61 Å². The van der Waals surface area contributed by atoms with Gasteiger partial charge < -0.3 is 5.11 Å². The molecule has 4 heterocycles. The Morgan fingerprint density at radius 1 is 0.692 bits per heavy atom. The molecule has 0 radical (unpaired) electrons. The molecule has 4 aromatic heterocycles. The molecule has 7 nitrogen and oxygen atoms in total. The number of benzene rings is 2. The summed E-state index contributed by atoms with van der Waals surface area (Å²) < 4.78 is 0. The molecule has 0 amide bonds. The van der Waals surface area contributed by atoms with Gasteiger partial charge >= 0.3 is 0 Å². The number of aromatic amines is 2. The molecule has 0 unspecified atom stereocenters. The Bertz CT molecular complexity index is 1350. The van der Waals surface area contributed by atoms with Crippen molar-refractivity contribution >= 4 is 32.3 Å². The highest BCUT2D eigenvalue weighted by Gasteiger charge is 2.19. The van der Waals surface area contributed by atoms with Crippen LogP contribution in [-0.4, -0.2) is 21.7 Å². The molecule has 0 aliphatic heterocycles. The predicted octanol–water partition coefficient (Wildman–Crippen LogP) is 0.824. The number of aryl methyl sites for hydroxylation is 1. The van der Waals surface area contributed by atoms with E-state index in [1.807, 2.05) is 0 Å². The lowest BCUT2D eigenvalue weighted by atomic mass is 9.93. The van der Waals surface area contributed by atoms with Gasteiger partial charge in [-0.2, -0.15) is 0 Å². The maximum atomic E-state index is 12.7. The van der Waals surface area contributed by atoms with E-state index in [1.165, 1.54) is 12.1 Å². The average molecular weight is 352 g/mol. The van der Waals surface area contributed by atoms with Crippen molar-refractivity contribution in [2.45, 2.75) is 25.7 Å². The molecule has 6 rings (SSSR count). The molecular formula is C19H16N2O5. The molecule has 26 heavy (non-hydrogen) atoms. The van der Waals surface area contributed by atoms with Gasteiger partial charge in [-0.05, 0) is 43.0 Å². The first kappa shape index (κ1) is 16.4. The second kappa shape index (κ2) is 6.03. The Hall–Kier alpha value is -3.06. The van der Waals surface area contributed by atoms with Gasteiger partial charge in [0, 0.05) is 33.5 Å². The Labute approximate surface area is 145 Å². The third-order valence-electron chi connectivity index (χ3n) is 4.88. The lowest BCUT2D eigenvalue weighted by Crippen LogP contribution is -2.14. The molecule has 0 fully saturated rings. The van der Waals surface area contributed by atoms with Crippen LogP contribution in [0.15, 0.2) is 37.4 Å². The smallest absolute Gasteiger partial charge is 0.259 e. The minimum atomic E-state index is -0.579. The molecule has 0 aliphatic rings. The van der Waals surface area contributed by atoms with Crippen LogP contribution in [0.1, 0.15) is 24.8 Å². The fraction of sp³-hybridized carbons (Fsp3) is 0.263. The Kier molecular flexibility index (Phi) is 3.81. The normalized spacial score (nSPS) is 11.9. The molecule has 7 heteroatoms. The summed E-state index contributed by atoms with van der Waals surface area (Å²) in [5.74, 6) is 0. The van der Waals surface area contributed by atoms with E-state index in [4.69, 9.17) is 5.11 Å².